The number of phenolic OH excluding ortho intramolecular Hbond substituents is 1. The molecule has 11 heteroatoms. The van der Waals surface area contributed by atoms with Crippen LogP contribution >= 0.6 is 23.2 Å². The molecule has 2 aromatic carbocycles. The Bertz CT molecular complexity index is 991. The van der Waals surface area contributed by atoms with Crippen molar-refractivity contribution in [2.24, 2.45) is 0 Å². The zero-order valence-corrected chi connectivity index (χ0v) is 15.2. The van der Waals surface area contributed by atoms with E-state index in [-0.39, 0.29) is 27.6 Å². The SMILES string of the molecule is Cc1c(Cl)ccc(O)c1C(=O)Nc1ccc(S(=O)(=O)C(F)(F)F)cc1Cl. The molecular weight excluding hydrogens is 418 g/mol. The number of amides is 1. The Morgan fingerprint density at radius 2 is 1.73 bits per heavy atom. The highest BCUT2D eigenvalue weighted by molar-refractivity contribution is 7.92. The van der Waals surface area contributed by atoms with Gasteiger partial charge in [-0.15, -0.1) is 0 Å². The zero-order chi connectivity index (χ0) is 19.9. The molecule has 0 radical (unpaired) electrons. The van der Waals surface area contributed by atoms with Gasteiger partial charge in [-0.05, 0) is 42.8 Å². The van der Waals surface area contributed by atoms with E-state index in [2.05, 4.69) is 5.32 Å². The van der Waals surface area contributed by atoms with Gasteiger partial charge in [0.1, 0.15) is 5.75 Å². The molecule has 2 aromatic rings. The lowest BCUT2D eigenvalue weighted by Gasteiger charge is -2.13. The first-order valence-electron chi connectivity index (χ1n) is 6.76. The summed E-state index contributed by atoms with van der Waals surface area (Å²) in [6.45, 7) is 1.48. The fourth-order valence-corrected chi connectivity index (χ4v) is 3.28. The van der Waals surface area contributed by atoms with E-state index in [1.54, 1.807) is 0 Å². The van der Waals surface area contributed by atoms with E-state index in [4.69, 9.17) is 23.2 Å². The van der Waals surface area contributed by atoms with Crippen LogP contribution in [0.1, 0.15) is 15.9 Å². The van der Waals surface area contributed by atoms with Crippen molar-refractivity contribution in [3.05, 3.63) is 51.5 Å². The highest BCUT2D eigenvalue weighted by atomic mass is 35.5. The maximum Gasteiger partial charge on any atom is 0.501 e. The number of sulfone groups is 1. The summed E-state index contributed by atoms with van der Waals surface area (Å²) >= 11 is 11.7. The third-order valence-corrected chi connectivity index (χ3v) is 5.61. The minimum atomic E-state index is -5.57. The van der Waals surface area contributed by atoms with Crippen molar-refractivity contribution in [2.75, 3.05) is 5.32 Å². The summed E-state index contributed by atoms with van der Waals surface area (Å²) in [6, 6.07) is 4.73. The fraction of sp³-hybridized carbons (Fsp3) is 0.133. The lowest BCUT2D eigenvalue weighted by molar-refractivity contribution is -0.0436. The van der Waals surface area contributed by atoms with E-state index in [1.807, 2.05) is 0 Å². The first kappa shape index (κ1) is 20.3. The molecule has 0 bridgehead atoms. The summed E-state index contributed by atoms with van der Waals surface area (Å²) in [6.07, 6.45) is 0. The molecule has 5 nitrogen and oxygen atoms in total. The topological polar surface area (TPSA) is 83.5 Å². The molecule has 0 aromatic heterocycles. The lowest BCUT2D eigenvalue weighted by Crippen LogP contribution is -2.23. The summed E-state index contributed by atoms with van der Waals surface area (Å²) in [5, 5.41) is 11.9. The summed E-state index contributed by atoms with van der Waals surface area (Å²) < 4.78 is 60.4. The van der Waals surface area contributed by atoms with E-state index >= 15 is 0 Å². The van der Waals surface area contributed by atoms with Gasteiger partial charge in [0, 0.05) is 5.02 Å². The molecule has 0 aliphatic rings. The van der Waals surface area contributed by atoms with Crippen LogP contribution in [0.25, 0.3) is 0 Å². The third kappa shape index (κ3) is 3.74. The van der Waals surface area contributed by atoms with Crippen molar-refractivity contribution >= 4 is 44.6 Å². The van der Waals surface area contributed by atoms with Crippen molar-refractivity contribution in [3.63, 3.8) is 0 Å². The van der Waals surface area contributed by atoms with Crippen LogP contribution in [0.15, 0.2) is 35.2 Å². The molecule has 26 heavy (non-hydrogen) atoms. The van der Waals surface area contributed by atoms with Crippen LogP contribution in [0.4, 0.5) is 18.9 Å². The first-order valence-corrected chi connectivity index (χ1v) is 9.00. The number of anilines is 1. The van der Waals surface area contributed by atoms with Crippen LogP contribution in [0.2, 0.25) is 10.0 Å². The monoisotopic (exact) mass is 427 g/mol. The summed E-state index contributed by atoms with van der Waals surface area (Å²) in [5.74, 6) is -1.19. The van der Waals surface area contributed by atoms with Gasteiger partial charge in [0.05, 0.1) is 21.2 Å². The molecule has 1 amide bonds. The molecule has 0 unspecified atom stereocenters. The number of phenols is 1. The van der Waals surface area contributed by atoms with Gasteiger partial charge in [-0.1, -0.05) is 23.2 Å². The van der Waals surface area contributed by atoms with Gasteiger partial charge in [-0.2, -0.15) is 13.2 Å². The molecule has 0 heterocycles. The zero-order valence-electron chi connectivity index (χ0n) is 12.9. The highest BCUT2D eigenvalue weighted by Gasteiger charge is 2.47. The number of carbonyl (C=O) groups is 1. The molecule has 0 spiro atoms. The second kappa shape index (κ2) is 6.98. The van der Waals surface area contributed by atoms with Crippen molar-refractivity contribution in [3.8, 4) is 5.75 Å². The second-order valence-electron chi connectivity index (χ2n) is 5.11. The van der Waals surface area contributed by atoms with Crippen LogP contribution in [0.3, 0.4) is 0 Å². The molecule has 0 saturated heterocycles. The number of aromatic hydroxyl groups is 1. The highest BCUT2D eigenvalue weighted by Crippen LogP contribution is 2.34. The number of rotatable bonds is 3. The Kier molecular flexibility index (Phi) is 5.46. The van der Waals surface area contributed by atoms with Gasteiger partial charge in [-0.3, -0.25) is 4.79 Å². The van der Waals surface area contributed by atoms with Crippen molar-refractivity contribution in [1.29, 1.82) is 0 Å². The molecule has 0 aliphatic heterocycles. The minimum Gasteiger partial charge on any atom is -0.507 e. The predicted molar refractivity (Wildman–Crippen MR) is 90.5 cm³/mol. The third-order valence-electron chi connectivity index (χ3n) is 3.41. The van der Waals surface area contributed by atoms with E-state index in [0.29, 0.717) is 12.1 Å². The number of nitrogens with one attached hydrogen (secondary N) is 1. The molecule has 140 valence electrons. The average Bonchev–Trinajstić information content (AvgIpc) is 2.52. The predicted octanol–water partition coefficient (Wildman–Crippen LogP) is 4.55. The van der Waals surface area contributed by atoms with Gasteiger partial charge < -0.3 is 10.4 Å². The first-order chi connectivity index (χ1) is 11.9. The van der Waals surface area contributed by atoms with Crippen molar-refractivity contribution < 1.29 is 31.5 Å². The molecule has 2 rings (SSSR count). The Labute approximate surface area is 156 Å². The van der Waals surface area contributed by atoms with Crippen LogP contribution in [-0.4, -0.2) is 24.9 Å². The van der Waals surface area contributed by atoms with Gasteiger partial charge in [0.15, 0.2) is 0 Å². The van der Waals surface area contributed by atoms with Crippen molar-refractivity contribution in [1.82, 2.24) is 0 Å². The molecule has 0 fully saturated rings. The number of halogens is 5. The average molecular weight is 428 g/mol. The maximum atomic E-state index is 12.6. The van der Waals surface area contributed by atoms with Gasteiger partial charge in [-0.25, -0.2) is 8.42 Å². The van der Waals surface area contributed by atoms with Gasteiger partial charge in [0.25, 0.3) is 15.7 Å². The molecular formula is C15H10Cl2F3NO4S. The number of benzene rings is 2. The Morgan fingerprint density at radius 1 is 1.12 bits per heavy atom. The Hall–Kier alpha value is -1.97. The van der Waals surface area contributed by atoms with Crippen molar-refractivity contribution in [2.45, 2.75) is 17.3 Å². The number of hydrogen-bond acceptors (Lipinski definition) is 4. The van der Waals surface area contributed by atoms with Crippen LogP contribution in [-0.2, 0) is 9.84 Å². The quantitative estimate of drug-likeness (QED) is 0.752. The fourth-order valence-electron chi connectivity index (χ4n) is 2.04. The van der Waals surface area contributed by atoms with E-state index in [0.717, 1.165) is 6.07 Å². The van der Waals surface area contributed by atoms with Crippen LogP contribution < -0.4 is 5.32 Å². The van der Waals surface area contributed by atoms with Gasteiger partial charge >= 0.3 is 5.51 Å². The summed E-state index contributed by atoms with van der Waals surface area (Å²) in [5.41, 5.74) is -5.50. The Balaban J connectivity index is 2.38. The normalized spacial score (nSPS) is 12.1. The largest absolute Gasteiger partial charge is 0.507 e. The maximum absolute atomic E-state index is 12.6. The van der Waals surface area contributed by atoms with Gasteiger partial charge in [0.2, 0.25) is 0 Å². The van der Waals surface area contributed by atoms with E-state index in [1.165, 1.54) is 19.1 Å². The summed E-state index contributed by atoms with van der Waals surface area (Å²) in [7, 11) is -5.57. The molecule has 0 atom stereocenters. The number of carbonyl (C=O) groups excluding carboxylic acids is 1. The van der Waals surface area contributed by atoms with Crippen LogP contribution in [0.5, 0.6) is 5.75 Å². The molecule has 2 N–H and O–H groups in total. The van der Waals surface area contributed by atoms with Crippen LogP contribution in [0, 0.1) is 6.92 Å². The van der Waals surface area contributed by atoms with E-state index in [9.17, 15) is 31.5 Å². The smallest absolute Gasteiger partial charge is 0.501 e. The molecule has 0 saturated carbocycles. The second-order valence-corrected chi connectivity index (χ2v) is 7.87. The minimum absolute atomic E-state index is 0.142. The summed E-state index contributed by atoms with van der Waals surface area (Å²) in [4.78, 5) is 11.3. The standard InChI is InChI=1S/C15H10Cl2F3NO4S/c1-7-9(16)3-5-12(22)13(7)14(23)21-11-4-2-8(6-10(11)17)26(24,25)15(18,19)20/h2-6,22H,1H3,(H,21,23). The Morgan fingerprint density at radius 3 is 2.27 bits per heavy atom. The van der Waals surface area contributed by atoms with E-state index < -0.39 is 31.2 Å². The number of hydrogen-bond donors (Lipinski definition) is 2. The molecule has 0 aliphatic carbocycles. The lowest BCUT2D eigenvalue weighted by atomic mass is 10.1. The number of alkyl halides is 3.